The van der Waals surface area contributed by atoms with Gasteiger partial charge in [-0.25, -0.2) is 0 Å². The molecule has 1 radical (unpaired) electrons. The fourth-order valence-corrected chi connectivity index (χ4v) is 6.73. The molecule has 0 aliphatic carbocycles. The number of aromatic nitrogens is 1. The molecule has 0 unspecified atom stereocenters. The number of ketones is 1. The SMILES string of the molecule is CC(C)Cc1coc2cc3c(cc12)oc1c(-c2[c-]c4ccccc4c(C(C)(C)C)c2)nccc13.CCC(C)(CC)C(=O)/C=C(\O)C(C)(CC)CC.[Ir]. The van der Waals surface area contributed by atoms with Crippen LogP contribution in [0.25, 0.3) is 54.9 Å². The fraction of sp³-hybridized carbons (Fsp3) is 0.435. The minimum Gasteiger partial charge on any atom is -0.512 e. The van der Waals surface area contributed by atoms with Crippen LogP contribution in [0, 0.1) is 22.8 Å². The summed E-state index contributed by atoms with van der Waals surface area (Å²) in [5, 5.41) is 15.7. The van der Waals surface area contributed by atoms with Crippen LogP contribution in [0.4, 0.5) is 0 Å². The summed E-state index contributed by atoms with van der Waals surface area (Å²) in [4.78, 5) is 16.9. The van der Waals surface area contributed by atoms with E-state index in [1.54, 1.807) is 0 Å². The van der Waals surface area contributed by atoms with Crippen LogP contribution in [-0.2, 0) is 36.7 Å². The van der Waals surface area contributed by atoms with E-state index in [0.717, 1.165) is 81.7 Å². The fourth-order valence-electron chi connectivity index (χ4n) is 6.73. The molecule has 5 nitrogen and oxygen atoms in total. The van der Waals surface area contributed by atoms with E-state index in [1.165, 1.54) is 22.6 Å². The molecule has 0 atom stereocenters. The molecule has 0 aliphatic heterocycles. The second kappa shape index (κ2) is 16.1. The van der Waals surface area contributed by atoms with E-state index in [4.69, 9.17) is 13.8 Å². The van der Waals surface area contributed by atoms with Gasteiger partial charge in [-0.3, -0.25) is 9.78 Å². The molecule has 3 aromatic carbocycles. The Morgan fingerprint density at radius 1 is 0.846 bits per heavy atom. The number of aliphatic hydroxyl groups is 1. The van der Waals surface area contributed by atoms with Crippen molar-refractivity contribution in [2.45, 2.75) is 114 Å². The van der Waals surface area contributed by atoms with Gasteiger partial charge in [0.15, 0.2) is 5.78 Å². The molecule has 0 bridgehead atoms. The maximum Gasteiger partial charge on any atom is 0.164 e. The van der Waals surface area contributed by atoms with E-state index in [2.05, 4.69) is 83.1 Å². The smallest absolute Gasteiger partial charge is 0.164 e. The van der Waals surface area contributed by atoms with Gasteiger partial charge in [-0.2, -0.15) is 0 Å². The molecule has 3 heterocycles. The number of aliphatic hydroxyl groups excluding tert-OH is 1. The molecule has 6 aromatic rings. The van der Waals surface area contributed by atoms with Crippen molar-refractivity contribution in [1.82, 2.24) is 4.98 Å². The molecule has 0 amide bonds. The summed E-state index contributed by atoms with van der Waals surface area (Å²) < 4.78 is 12.4. The number of nitrogens with zero attached hydrogens (tertiary/aromatic N) is 1. The largest absolute Gasteiger partial charge is 0.512 e. The number of pyridine rings is 1. The van der Waals surface area contributed by atoms with Gasteiger partial charge in [0.2, 0.25) is 0 Å². The Morgan fingerprint density at radius 2 is 1.48 bits per heavy atom. The van der Waals surface area contributed by atoms with Gasteiger partial charge in [-0.05, 0) is 67.2 Å². The maximum absolute atomic E-state index is 12.2. The van der Waals surface area contributed by atoms with Crippen LogP contribution in [-0.4, -0.2) is 15.9 Å². The van der Waals surface area contributed by atoms with E-state index in [1.807, 2.05) is 60.1 Å². The van der Waals surface area contributed by atoms with Crippen molar-refractivity contribution < 1.29 is 38.8 Å². The van der Waals surface area contributed by atoms with Crippen molar-refractivity contribution in [3.63, 3.8) is 0 Å². The molecule has 3 aromatic heterocycles. The van der Waals surface area contributed by atoms with E-state index >= 15 is 0 Å². The number of rotatable bonds is 10. The van der Waals surface area contributed by atoms with Crippen molar-refractivity contribution in [2.75, 3.05) is 0 Å². The summed E-state index contributed by atoms with van der Waals surface area (Å²) in [6.07, 6.45) is 9.48. The van der Waals surface area contributed by atoms with Crippen molar-refractivity contribution in [2.24, 2.45) is 16.7 Å². The summed E-state index contributed by atoms with van der Waals surface area (Å²) in [7, 11) is 0. The Morgan fingerprint density at radius 3 is 2.10 bits per heavy atom. The predicted molar refractivity (Wildman–Crippen MR) is 213 cm³/mol. The number of hydrogen-bond acceptors (Lipinski definition) is 5. The topological polar surface area (TPSA) is 76.5 Å². The van der Waals surface area contributed by atoms with Gasteiger partial charge in [0, 0.05) is 65.1 Å². The number of hydrogen-bond donors (Lipinski definition) is 1. The Bertz CT molecular complexity index is 2200. The van der Waals surface area contributed by atoms with Crippen molar-refractivity contribution in [3.8, 4) is 11.3 Å². The van der Waals surface area contributed by atoms with Crippen LogP contribution in [0.15, 0.2) is 81.7 Å². The summed E-state index contributed by atoms with van der Waals surface area (Å²) in [6, 6.07) is 20.5. The number of benzene rings is 3. The number of furan rings is 2. The second-order valence-corrected chi connectivity index (χ2v) is 16.2. The number of fused-ring (bicyclic) bond motifs is 5. The molecule has 6 heteroatoms. The molecule has 0 saturated carbocycles. The first-order valence-electron chi connectivity index (χ1n) is 18.7. The van der Waals surface area contributed by atoms with Gasteiger partial charge in [0.05, 0.1) is 6.26 Å². The summed E-state index contributed by atoms with van der Waals surface area (Å²) in [5.41, 5.74) is 6.22. The first kappa shape index (κ1) is 41.0. The third kappa shape index (κ3) is 8.09. The maximum atomic E-state index is 12.2. The molecule has 1 N–H and O–H groups in total. The first-order valence-corrected chi connectivity index (χ1v) is 18.7. The van der Waals surface area contributed by atoms with Gasteiger partial charge < -0.3 is 13.9 Å². The van der Waals surface area contributed by atoms with E-state index < -0.39 is 0 Å². The predicted octanol–water partition coefficient (Wildman–Crippen LogP) is 13.5. The standard InChI is InChI=1S/C31H28NO2.C15H28O2.Ir/c1-18(2)12-21-17-33-27-16-25-23-10-11-32-29(30(23)34-28(25)15-24(21)27)20-13-19-8-6-7-9-22(19)26(14-20)31(3,4)5;1-7-14(5,8-2)12(16)11-13(17)15(6,9-3)10-4;/h6-11,14-18H,12H2,1-5H3;11,16H,7-10H2,1-6H3;/q-1;;/b;12-11-;. The summed E-state index contributed by atoms with van der Waals surface area (Å²) >= 11 is 0. The zero-order chi connectivity index (χ0) is 37.3. The number of allylic oxidation sites excluding steroid dienone is 2. The van der Waals surface area contributed by atoms with Gasteiger partial charge in [-0.15, -0.1) is 29.1 Å². The third-order valence-electron chi connectivity index (χ3n) is 11.2. The zero-order valence-corrected chi connectivity index (χ0v) is 35.3. The molecular formula is C46H56IrNO4-. The Kier molecular flexibility index (Phi) is 12.7. The molecule has 0 fully saturated rings. The van der Waals surface area contributed by atoms with Crippen LogP contribution in [0.3, 0.4) is 0 Å². The number of carbonyl (C=O) groups excluding carboxylic acids is 1. The second-order valence-electron chi connectivity index (χ2n) is 16.2. The van der Waals surface area contributed by atoms with Crippen LogP contribution >= 0.6 is 0 Å². The van der Waals surface area contributed by atoms with Gasteiger partial charge in [0.1, 0.15) is 22.5 Å². The van der Waals surface area contributed by atoms with Crippen molar-refractivity contribution in [1.29, 1.82) is 0 Å². The molecule has 6 rings (SSSR count). The summed E-state index contributed by atoms with van der Waals surface area (Å²) in [6.45, 7) is 23.3. The summed E-state index contributed by atoms with van der Waals surface area (Å²) in [5.74, 6) is 0.845. The Balaban J connectivity index is 0.000000289. The van der Waals surface area contributed by atoms with Gasteiger partial charge in [0.25, 0.3) is 0 Å². The van der Waals surface area contributed by atoms with Crippen LogP contribution in [0.5, 0.6) is 0 Å². The average Bonchev–Trinajstić information content (AvgIpc) is 3.68. The van der Waals surface area contributed by atoms with Crippen LogP contribution < -0.4 is 0 Å². The first-order chi connectivity index (χ1) is 24.1. The molecule has 0 spiro atoms. The Labute approximate surface area is 323 Å². The van der Waals surface area contributed by atoms with E-state index in [9.17, 15) is 9.90 Å². The molecule has 0 aliphatic rings. The van der Waals surface area contributed by atoms with Crippen molar-refractivity contribution in [3.05, 3.63) is 90.0 Å². The average molecular weight is 879 g/mol. The van der Waals surface area contributed by atoms with E-state index in [-0.39, 0.29) is 47.9 Å². The van der Waals surface area contributed by atoms with Crippen LogP contribution in [0.2, 0.25) is 0 Å². The normalized spacial score (nSPS) is 12.8. The minimum absolute atomic E-state index is 0. The van der Waals surface area contributed by atoms with Crippen LogP contribution in [0.1, 0.15) is 113 Å². The molecule has 0 saturated heterocycles. The zero-order valence-electron chi connectivity index (χ0n) is 32.9. The Hall–Kier alpha value is -3.73. The van der Waals surface area contributed by atoms with Gasteiger partial charge >= 0.3 is 0 Å². The minimum atomic E-state index is -0.337. The number of carbonyl (C=O) groups is 1. The van der Waals surface area contributed by atoms with E-state index in [0.29, 0.717) is 5.92 Å². The van der Waals surface area contributed by atoms with Crippen molar-refractivity contribution >= 4 is 49.5 Å². The van der Waals surface area contributed by atoms with Gasteiger partial charge in [-0.1, -0.05) is 105 Å². The third-order valence-corrected chi connectivity index (χ3v) is 11.2. The monoisotopic (exact) mass is 879 g/mol. The molecule has 279 valence electrons. The quantitative estimate of drug-likeness (QED) is 0.0843. The molecular weight excluding hydrogens is 823 g/mol. The molecule has 52 heavy (non-hydrogen) atoms.